The fourth-order valence-electron chi connectivity index (χ4n) is 5.69. The molecule has 6 aromatic rings. The Morgan fingerprint density at radius 2 is 0.714 bits per heavy atom. The molecular weight excluding hydrogens is 638 g/mol. The highest BCUT2D eigenvalue weighted by Gasteiger charge is 2.26. The van der Waals surface area contributed by atoms with Gasteiger partial charge in [-0.05, 0) is 100.0 Å². The van der Waals surface area contributed by atoms with Crippen LogP contribution in [-0.4, -0.2) is 5.11 Å². The Bertz CT molecular complexity index is 2130. The molecule has 0 aliphatic rings. The lowest BCUT2D eigenvalue weighted by atomic mass is 9.86. The minimum Gasteiger partial charge on any atom is -0.381 e. The number of nitrogens with zero attached hydrogens (tertiary/aromatic N) is 2. The number of hydrogen-bond donors (Lipinski definition) is 1. The van der Waals surface area contributed by atoms with Gasteiger partial charge in [-0.1, -0.05) is 60.7 Å². The molecule has 0 amide bonds. The molecule has 6 rings (SSSR count). The van der Waals surface area contributed by atoms with E-state index in [0.717, 1.165) is 48.5 Å². The molecule has 0 heterocycles. The van der Waals surface area contributed by atoms with Gasteiger partial charge in [0.15, 0.2) is 0 Å². The van der Waals surface area contributed by atoms with Gasteiger partial charge in [-0.15, -0.1) is 0 Å². The van der Waals surface area contributed by atoms with E-state index < -0.39 is 51.6 Å². The first-order chi connectivity index (χ1) is 23.4. The van der Waals surface area contributed by atoms with Crippen LogP contribution in [0.25, 0.3) is 44.5 Å². The number of hydrogen-bond acceptors (Lipinski definition) is 3. The van der Waals surface area contributed by atoms with Crippen molar-refractivity contribution in [2.24, 2.45) is 0 Å². The zero-order chi connectivity index (χ0) is 35.0. The second-order valence-electron chi connectivity index (χ2n) is 11.5. The first-order valence-corrected chi connectivity index (χ1v) is 14.7. The first-order valence-electron chi connectivity index (χ1n) is 14.7. The topological polar surface area (TPSA) is 67.8 Å². The van der Waals surface area contributed by atoms with E-state index in [9.17, 15) is 13.9 Å². The van der Waals surface area contributed by atoms with E-state index in [1.54, 1.807) is 67.6 Å². The molecule has 0 atom stereocenters. The molecule has 0 fully saturated rings. The van der Waals surface area contributed by atoms with E-state index in [4.69, 9.17) is 10.5 Å². The van der Waals surface area contributed by atoms with Crippen molar-refractivity contribution in [2.45, 2.75) is 12.5 Å². The third-order valence-corrected chi connectivity index (χ3v) is 8.40. The standard InChI is InChI=1S/C40H22F6N2O/c1-40(49,30-10-6-22(7-11-30)28-16-34(43)38(35(44)17-28)24-2-4-26(20-47)32(41)14-24)31-12-8-23(9-13-31)29-18-36(45)39(37(46)19-29)25-3-5-27(21-48)33(42)15-25/h2-19,49H,1H3. The zero-order valence-electron chi connectivity index (χ0n) is 25.5. The maximum absolute atomic E-state index is 15.1. The van der Waals surface area contributed by atoms with Gasteiger partial charge >= 0.3 is 0 Å². The van der Waals surface area contributed by atoms with Crippen LogP contribution in [0.5, 0.6) is 0 Å². The van der Waals surface area contributed by atoms with Gasteiger partial charge in [0.05, 0.1) is 22.3 Å². The van der Waals surface area contributed by atoms with E-state index in [2.05, 4.69) is 0 Å². The van der Waals surface area contributed by atoms with E-state index >= 15 is 17.6 Å². The van der Waals surface area contributed by atoms with Crippen LogP contribution in [0.1, 0.15) is 29.2 Å². The molecule has 3 nitrogen and oxygen atoms in total. The van der Waals surface area contributed by atoms with Crippen LogP contribution in [0.4, 0.5) is 26.3 Å². The lowest BCUT2D eigenvalue weighted by molar-refractivity contribution is 0.102. The maximum atomic E-state index is 15.1. The monoisotopic (exact) mass is 660 g/mol. The van der Waals surface area contributed by atoms with Crippen molar-refractivity contribution < 1.29 is 31.4 Å². The summed E-state index contributed by atoms with van der Waals surface area (Å²) in [5, 5.41) is 29.3. The second-order valence-corrected chi connectivity index (χ2v) is 11.5. The van der Waals surface area contributed by atoms with Crippen molar-refractivity contribution in [2.75, 3.05) is 0 Å². The third kappa shape index (κ3) is 6.16. The number of aliphatic hydroxyl groups is 1. The molecule has 0 aliphatic heterocycles. The smallest absolute Gasteiger partial charge is 0.141 e. The van der Waals surface area contributed by atoms with Crippen LogP contribution in [0.3, 0.4) is 0 Å². The van der Waals surface area contributed by atoms with Crippen LogP contribution < -0.4 is 0 Å². The van der Waals surface area contributed by atoms with E-state index in [-0.39, 0.29) is 33.4 Å². The maximum Gasteiger partial charge on any atom is 0.141 e. The summed E-state index contributed by atoms with van der Waals surface area (Å²) in [5.41, 5.74) is -0.787. The highest BCUT2D eigenvalue weighted by atomic mass is 19.2. The van der Waals surface area contributed by atoms with Crippen LogP contribution in [-0.2, 0) is 5.60 Å². The van der Waals surface area contributed by atoms with Gasteiger partial charge < -0.3 is 5.11 Å². The van der Waals surface area contributed by atoms with E-state index in [1.165, 1.54) is 12.1 Å². The molecule has 49 heavy (non-hydrogen) atoms. The Morgan fingerprint density at radius 3 is 1.00 bits per heavy atom. The average molecular weight is 661 g/mol. The van der Waals surface area contributed by atoms with E-state index in [0.29, 0.717) is 22.3 Å². The van der Waals surface area contributed by atoms with Crippen LogP contribution in [0.2, 0.25) is 0 Å². The highest BCUT2D eigenvalue weighted by Crippen LogP contribution is 2.36. The Balaban J connectivity index is 1.23. The van der Waals surface area contributed by atoms with Crippen molar-refractivity contribution in [3.8, 4) is 56.6 Å². The molecule has 0 saturated heterocycles. The molecule has 6 aromatic carbocycles. The fourth-order valence-corrected chi connectivity index (χ4v) is 5.69. The van der Waals surface area contributed by atoms with Crippen LogP contribution in [0.15, 0.2) is 109 Å². The largest absolute Gasteiger partial charge is 0.381 e. The predicted octanol–water partition coefficient (Wildman–Crippen LogP) is 10.2. The number of halogens is 6. The summed E-state index contributed by atoms with van der Waals surface area (Å²) in [6.45, 7) is 1.55. The summed E-state index contributed by atoms with van der Waals surface area (Å²) < 4.78 is 88.5. The van der Waals surface area contributed by atoms with E-state index in [1.807, 2.05) is 0 Å². The van der Waals surface area contributed by atoms with Crippen molar-refractivity contribution >= 4 is 0 Å². The molecule has 0 unspecified atom stereocenters. The minimum absolute atomic E-state index is 0.0532. The van der Waals surface area contributed by atoms with Crippen LogP contribution >= 0.6 is 0 Å². The SMILES string of the molecule is CC(O)(c1ccc(-c2cc(F)c(-c3ccc(C#N)c(F)c3)c(F)c2)cc1)c1ccc(-c2cc(F)c(-c3ccc(C#N)c(F)c3)c(F)c2)cc1. The van der Waals surface area contributed by atoms with Gasteiger partial charge in [-0.3, -0.25) is 0 Å². The molecule has 0 bridgehead atoms. The minimum atomic E-state index is -1.53. The summed E-state index contributed by atoms with van der Waals surface area (Å²) in [6, 6.07) is 27.1. The molecule has 0 radical (unpaired) electrons. The van der Waals surface area contributed by atoms with Gasteiger partial charge in [-0.2, -0.15) is 10.5 Å². The summed E-state index contributed by atoms with van der Waals surface area (Å²) in [6.07, 6.45) is 0. The summed E-state index contributed by atoms with van der Waals surface area (Å²) in [5.74, 6) is -5.48. The Kier molecular flexibility index (Phi) is 8.56. The highest BCUT2D eigenvalue weighted by molar-refractivity contribution is 5.74. The van der Waals surface area contributed by atoms with Crippen molar-refractivity contribution in [1.29, 1.82) is 10.5 Å². The predicted molar refractivity (Wildman–Crippen MR) is 172 cm³/mol. The molecule has 0 spiro atoms. The molecule has 0 aromatic heterocycles. The van der Waals surface area contributed by atoms with Crippen molar-refractivity contribution in [1.82, 2.24) is 0 Å². The van der Waals surface area contributed by atoms with Crippen molar-refractivity contribution in [3.63, 3.8) is 0 Å². The van der Waals surface area contributed by atoms with Gasteiger partial charge in [0, 0.05) is 0 Å². The molecule has 1 N–H and O–H groups in total. The summed E-state index contributed by atoms with van der Waals surface area (Å²) in [7, 11) is 0. The summed E-state index contributed by atoms with van der Waals surface area (Å²) >= 11 is 0. The Hall–Kier alpha value is -6.16. The fraction of sp³-hybridized carbons (Fsp3) is 0.0500. The van der Waals surface area contributed by atoms with Crippen LogP contribution in [0, 0.1) is 57.6 Å². The molecule has 9 heteroatoms. The Labute approximate surface area is 277 Å². The molecule has 0 aliphatic carbocycles. The molecule has 240 valence electrons. The normalized spacial score (nSPS) is 11.2. The van der Waals surface area contributed by atoms with Crippen molar-refractivity contribution in [3.05, 3.63) is 166 Å². The lowest BCUT2D eigenvalue weighted by Crippen LogP contribution is -2.22. The number of nitriles is 2. The first kappa shape index (κ1) is 32.8. The second kappa shape index (κ2) is 12.8. The molecule has 0 saturated carbocycles. The van der Waals surface area contributed by atoms with Gasteiger partial charge in [0.2, 0.25) is 0 Å². The molecular formula is C40H22F6N2O. The van der Waals surface area contributed by atoms with Gasteiger partial charge in [0.25, 0.3) is 0 Å². The third-order valence-electron chi connectivity index (χ3n) is 8.40. The zero-order valence-corrected chi connectivity index (χ0v) is 25.5. The number of benzene rings is 6. The Morgan fingerprint density at radius 1 is 0.429 bits per heavy atom. The van der Waals surface area contributed by atoms with Gasteiger partial charge in [-0.25, -0.2) is 26.3 Å². The average Bonchev–Trinajstić information content (AvgIpc) is 3.08. The van der Waals surface area contributed by atoms with Gasteiger partial charge in [0.1, 0.15) is 52.6 Å². The lowest BCUT2D eigenvalue weighted by Gasteiger charge is -2.25. The summed E-state index contributed by atoms with van der Waals surface area (Å²) in [4.78, 5) is 0. The quantitative estimate of drug-likeness (QED) is 0.181. The number of rotatable bonds is 6.